The van der Waals surface area contributed by atoms with E-state index >= 15 is 0 Å². The van der Waals surface area contributed by atoms with E-state index in [2.05, 4.69) is 41.4 Å². The van der Waals surface area contributed by atoms with Crippen LogP contribution >= 0.6 is 0 Å². The molecule has 4 nitrogen and oxygen atoms in total. The Morgan fingerprint density at radius 2 is 2.05 bits per heavy atom. The van der Waals surface area contributed by atoms with Gasteiger partial charge < -0.3 is 10.1 Å². The minimum absolute atomic E-state index is 0.135. The SMILES string of the molecule is C[C@@H](NC(=O)OC(C)(C)C)[C@@H]1CCN(Cc2ccccc2)C1. The van der Waals surface area contributed by atoms with E-state index in [9.17, 15) is 4.79 Å². The number of likely N-dealkylation sites (tertiary alicyclic amines) is 1. The predicted molar refractivity (Wildman–Crippen MR) is 88.7 cm³/mol. The Bertz CT molecular complexity index is 482. The first-order valence-electron chi connectivity index (χ1n) is 8.09. The van der Waals surface area contributed by atoms with Gasteiger partial charge in [-0.2, -0.15) is 0 Å². The van der Waals surface area contributed by atoms with Crippen LogP contribution in [0.4, 0.5) is 4.79 Å². The van der Waals surface area contributed by atoms with Gasteiger partial charge in [0.1, 0.15) is 5.60 Å². The van der Waals surface area contributed by atoms with E-state index in [-0.39, 0.29) is 12.1 Å². The number of hydrogen-bond acceptors (Lipinski definition) is 3. The summed E-state index contributed by atoms with van der Waals surface area (Å²) in [5.74, 6) is 0.483. The molecule has 1 saturated heterocycles. The lowest BCUT2D eigenvalue weighted by Crippen LogP contribution is -2.42. The van der Waals surface area contributed by atoms with Gasteiger partial charge in [0, 0.05) is 19.1 Å². The third-order valence-corrected chi connectivity index (χ3v) is 4.01. The molecule has 1 heterocycles. The highest BCUT2D eigenvalue weighted by molar-refractivity contribution is 5.68. The monoisotopic (exact) mass is 304 g/mol. The normalized spacial score (nSPS) is 20.6. The van der Waals surface area contributed by atoms with Crippen molar-refractivity contribution in [3.05, 3.63) is 35.9 Å². The van der Waals surface area contributed by atoms with Crippen molar-refractivity contribution >= 4 is 6.09 Å². The fraction of sp³-hybridized carbons (Fsp3) is 0.611. The van der Waals surface area contributed by atoms with Gasteiger partial charge in [-0.05, 0) is 52.1 Å². The van der Waals surface area contributed by atoms with Crippen molar-refractivity contribution in [3.63, 3.8) is 0 Å². The summed E-state index contributed by atoms with van der Waals surface area (Å²) >= 11 is 0. The van der Waals surface area contributed by atoms with Gasteiger partial charge in [0.15, 0.2) is 0 Å². The largest absolute Gasteiger partial charge is 0.444 e. The number of amides is 1. The number of nitrogens with one attached hydrogen (secondary N) is 1. The zero-order valence-corrected chi connectivity index (χ0v) is 14.1. The van der Waals surface area contributed by atoms with Crippen LogP contribution < -0.4 is 5.32 Å². The zero-order valence-electron chi connectivity index (χ0n) is 14.1. The summed E-state index contributed by atoms with van der Waals surface area (Å²) in [6.45, 7) is 10.8. The molecule has 4 heteroatoms. The van der Waals surface area contributed by atoms with E-state index in [0.29, 0.717) is 5.92 Å². The van der Waals surface area contributed by atoms with Crippen molar-refractivity contribution in [2.24, 2.45) is 5.92 Å². The van der Waals surface area contributed by atoms with Crippen molar-refractivity contribution in [2.45, 2.75) is 52.3 Å². The third-order valence-electron chi connectivity index (χ3n) is 4.01. The maximum absolute atomic E-state index is 11.9. The zero-order chi connectivity index (χ0) is 16.2. The molecule has 0 bridgehead atoms. The van der Waals surface area contributed by atoms with E-state index in [1.54, 1.807) is 0 Å². The van der Waals surface area contributed by atoms with Gasteiger partial charge >= 0.3 is 6.09 Å². The minimum atomic E-state index is -0.446. The molecule has 2 rings (SSSR count). The molecule has 22 heavy (non-hydrogen) atoms. The van der Waals surface area contributed by atoms with Crippen LogP contribution in [0.2, 0.25) is 0 Å². The highest BCUT2D eigenvalue weighted by Gasteiger charge is 2.29. The summed E-state index contributed by atoms with van der Waals surface area (Å²) in [6.07, 6.45) is 0.797. The summed E-state index contributed by atoms with van der Waals surface area (Å²) in [7, 11) is 0. The smallest absolute Gasteiger partial charge is 0.407 e. The first-order valence-corrected chi connectivity index (χ1v) is 8.09. The number of ether oxygens (including phenoxy) is 1. The van der Waals surface area contributed by atoms with Crippen LogP contribution in [0.15, 0.2) is 30.3 Å². The fourth-order valence-corrected chi connectivity index (χ4v) is 2.87. The standard InChI is InChI=1S/C18H28N2O2/c1-14(19-17(21)22-18(2,3)4)16-10-11-20(13-16)12-15-8-6-5-7-9-15/h5-9,14,16H,10-13H2,1-4H3,(H,19,21)/t14-,16-/m1/s1. The molecule has 1 fully saturated rings. The molecule has 1 amide bonds. The first-order chi connectivity index (χ1) is 10.3. The van der Waals surface area contributed by atoms with Gasteiger partial charge in [0.25, 0.3) is 0 Å². The van der Waals surface area contributed by atoms with Crippen LogP contribution in [0.25, 0.3) is 0 Å². The maximum Gasteiger partial charge on any atom is 0.407 e. The molecule has 1 aliphatic rings. The highest BCUT2D eigenvalue weighted by Crippen LogP contribution is 2.22. The molecule has 1 aliphatic heterocycles. The van der Waals surface area contributed by atoms with Gasteiger partial charge in [-0.3, -0.25) is 4.90 Å². The summed E-state index contributed by atoms with van der Waals surface area (Å²) in [5, 5.41) is 2.97. The summed E-state index contributed by atoms with van der Waals surface area (Å²) < 4.78 is 5.33. The van der Waals surface area contributed by atoms with Crippen molar-refractivity contribution in [3.8, 4) is 0 Å². The molecule has 122 valence electrons. The maximum atomic E-state index is 11.9. The quantitative estimate of drug-likeness (QED) is 0.926. The molecular formula is C18H28N2O2. The second kappa shape index (κ2) is 7.14. The van der Waals surface area contributed by atoms with Crippen LogP contribution in [0.5, 0.6) is 0 Å². The predicted octanol–water partition coefficient (Wildman–Crippen LogP) is 3.42. The fourth-order valence-electron chi connectivity index (χ4n) is 2.87. The molecule has 0 aliphatic carbocycles. The molecule has 1 N–H and O–H groups in total. The Morgan fingerprint density at radius 1 is 1.36 bits per heavy atom. The van der Waals surface area contributed by atoms with Crippen LogP contribution in [0, 0.1) is 5.92 Å². The Labute approximate surface area is 133 Å². The van der Waals surface area contributed by atoms with E-state index in [4.69, 9.17) is 4.74 Å². The van der Waals surface area contributed by atoms with E-state index < -0.39 is 5.60 Å². The molecule has 0 unspecified atom stereocenters. The van der Waals surface area contributed by atoms with E-state index in [0.717, 1.165) is 26.1 Å². The van der Waals surface area contributed by atoms with Crippen molar-refractivity contribution in [1.29, 1.82) is 0 Å². The highest BCUT2D eigenvalue weighted by atomic mass is 16.6. The summed E-state index contributed by atoms with van der Waals surface area (Å²) in [5.41, 5.74) is 0.898. The van der Waals surface area contributed by atoms with Gasteiger partial charge in [0.2, 0.25) is 0 Å². The van der Waals surface area contributed by atoms with Crippen LogP contribution in [-0.4, -0.2) is 35.7 Å². The Kier molecular flexibility index (Phi) is 5.46. The van der Waals surface area contributed by atoms with E-state index in [1.807, 2.05) is 26.8 Å². The van der Waals surface area contributed by atoms with Gasteiger partial charge in [-0.1, -0.05) is 30.3 Å². The average molecular weight is 304 g/mol. The topological polar surface area (TPSA) is 41.6 Å². The summed E-state index contributed by atoms with van der Waals surface area (Å²) in [6, 6.07) is 10.7. The lowest BCUT2D eigenvalue weighted by atomic mass is 10.0. The van der Waals surface area contributed by atoms with Crippen LogP contribution in [-0.2, 0) is 11.3 Å². The lowest BCUT2D eigenvalue weighted by molar-refractivity contribution is 0.0492. The Balaban J connectivity index is 1.78. The molecule has 1 aromatic carbocycles. The minimum Gasteiger partial charge on any atom is -0.444 e. The van der Waals surface area contributed by atoms with Crippen molar-refractivity contribution in [1.82, 2.24) is 10.2 Å². The molecule has 2 atom stereocenters. The number of hydrogen-bond donors (Lipinski definition) is 1. The molecule has 0 radical (unpaired) electrons. The van der Waals surface area contributed by atoms with Crippen LogP contribution in [0.3, 0.4) is 0 Å². The van der Waals surface area contributed by atoms with Gasteiger partial charge in [-0.25, -0.2) is 4.79 Å². The number of rotatable bonds is 4. The van der Waals surface area contributed by atoms with Gasteiger partial charge in [0.05, 0.1) is 0 Å². The van der Waals surface area contributed by atoms with Crippen molar-refractivity contribution < 1.29 is 9.53 Å². The molecule has 0 saturated carbocycles. The molecular weight excluding hydrogens is 276 g/mol. The number of carbonyl (C=O) groups excluding carboxylic acids is 1. The summed E-state index contributed by atoms with van der Waals surface area (Å²) in [4.78, 5) is 14.3. The molecule has 1 aromatic rings. The number of nitrogens with zero attached hydrogens (tertiary/aromatic N) is 1. The number of carbonyl (C=O) groups is 1. The molecule has 0 aromatic heterocycles. The lowest BCUT2D eigenvalue weighted by Gasteiger charge is -2.25. The molecule has 0 spiro atoms. The third kappa shape index (κ3) is 5.34. The van der Waals surface area contributed by atoms with Crippen LogP contribution in [0.1, 0.15) is 39.7 Å². The number of alkyl carbamates (subject to hydrolysis) is 1. The Morgan fingerprint density at radius 3 is 2.68 bits per heavy atom. The first kappa shape index (κ1) is 16.8. The van der Waals surface area contributed by atoms with Gasteiger partial charge in [-0.15, -0.1) is 0 Å². The second-order valence-corrected chi connectivity index (χ2v) is 7.20. The number of benzene rings is 1. The Hall–Kier alpha value is -1.55. The second-order valence-electron chi connectivity index (χ2n) is 7.20. The average Bonchev–Trinajstić information content (AvgIpc) is 2.86. The van der Waals surface area contributed by atoms with Crippen molar-refractivity contribution in [2.75, 3.05) is 13.1 Å². The van der Waals surface area contributed by atoms with E-state index in [1.165, 1.54) is 5.56 Å².